The molecular weight excluding hydrogens is 400 g/mol. The molecule has 1 aliphatic heterocycles. The van der Waals surface area contributed by atoms with E-state index in [2.05, 4.69) is 68.4 Å². The first kappa shape index (κ1) is 20.6. The van der Waals surface area contributed by atoms with Gasteiger partial charge < -0.3 is 19.7 Å². The highest BCUT2D eigenvalue weighted by Gasteiger charge is 2.18. The molecule has 8 heteroatoms. The zero-order chi connectivity index (χ0) is 22.2. The first-order valence-corrected chi connectivity index (χ1v) is 11.4. The van der Waals surface area contributed by atoms with Crippen molar-refractivity contribution in [2.24, 2.45) is 0 Å². The number of nitrogens with one attached hydrogen (secondary N) is 1. The summed E-state index contributed by atoms with van der Waals surface area (Å²) in [5, 5.41) is 4.30. The van der Waals surface area contributed by atoms with Crippen LogP contribution in [0.15, 0.2) is 36.9 Å². The van der Waals surface area contributed by atoms with Gasteiger partial charge in [-0.2, -0.15) is 0 Å². The van der Waals surface area contributed by atoms with Gasteiger partial charge in [0.25, 0.3) is 0 Å². The van der Waals surface area contributed by atoms with E-state index in [1.807, 2.05) is 30.9 Å². The Morgan fingerprint density at radius 1 is 1.03 bits per heavy atom. The zero-order valence-corrected chi connectivity index (χ0v) is 19.2. The molecule has 1 N–H and O–H groups in total. The second-order valence-corrected chi connectivity index (χ2v) is 8.71. The fraction of sp³-hybridized carbons (Fsp3) is 0.417. The Morgan fingerprint density at radius 2 is 1.84 bits per heavy atom. The summed E-state index contributed by atoms with van der Waals surface area (Å²) in [5.41, 5.74) is 5.28. The Kier molecular flexibility index (Phi) is 5.38. The predicted octanol–water partition coefficient (Wildman–Crippen LogP) is 4.15. The standard InChI is InChI=1S/C24H30N8/c1-5-30-8-10-31(11-9-30)20-14-25-21(12-17(20)4)28-24-26-13-18-6-7-19-23(22(18)29-24)32(15-27-19)16(2)3/h6-7,12-16H,5,8-11H2,1-4H3,(H,25,26,28,29). The van der Waals surface area contributed by atoms with Crippen LogP contribution in [0, 0.1) is 6.92 Å². The van der Waals surface area contributed by atoms with Crippen molar-refractivity contribution >= 4 is 39.4 Å². The molecule has 1 aromatic carbocycles. The van der Waals surface area contributed by atoms with Gasteiger partial charge in [-0.3, -0.25) is 0 Å². The van der Waals surface area contributed by atoms with Crippen molar-refractivity contribution in [3.63, 3.8) is 0 Å². The number of benzene rings is 1. The molecule has 1 aliphatic rings. The van der Waals surface area contributed by atoms with Crippen molar-refractivity contribution in [3.05, 3.63) is 42.5 Å². The molecule has 0 radical (unpaired) electrons. The van der Waals surface area contributed by atoms with Gasteiger partial charge >= 0.3 is 0 Å². The molecule has 0 saturated carbocycles. The normalized spacial score (nSPS) is 15.2. The summed E-state index contributed by atoms with van der Waals surface area (Å²) in [6, 6.07) is 6.42. The third kappa shape index (κ3) is 3.75. The SMILES string of the molecule is CCN1CCN(c2cnc(Nc3ncc4ccc5ncn(C(C)C)c5c4n3)cc2C)CC1. The van der Waals surface area contributed by atoms with Crippen molar-refractivity contribution in [1.82, 2.24) is 29.4 Å². The smallest absolute Gasteiger partial charge is 0.228 e. The molecule has 8 nitrogen and oxygen atoms in total. The van der Waals surface area contributed by atoms with Crippen LogP contribution in [-0.4, -0.2) is 62.1 Å². The summed E-state index contributed by atoms with van der Waals surface area (Å²) >= 11 is 0. The fourth-order valence-electron chi connectivity index (χ4n) is 4.43. The average molecular weight is 431 g/mol. The third-order valence-electron chi connectivity index (χ3n) is 6.32. The van der Waals surface area contributed by atoms with Gasteiger partial charge in [-0.05, 0) is 51.1 Å². The molecule has 0 bridgehead atoms. The van der Waals surface area contributed by atoms with Gasteiger partial charge in [0.1, 0.15) is 11.3 Å². The molecule has 166 valence electrons. The highest BCUT2D eigenvalue weighted by Crippen LogP contribution is 2.27. The maximum absolute atomic E-state index is 4.83. The highest BCUT2D eigenvalue weighted by molar-refractivity contribution is 6.02. The number of aromatic nitrogens is 5. The lowest BCUT2D eigenvalue weighted by molar-refractivity contribution is 0.271. The van der Waals surface area contributed by atoms with E-state index in [0.29, 0.717) is 12.0 Å². The number of aryl methyl sites for hydroxylation is 1. The molecule has 4 aromatic rings. The summed E-state index contributed by atoms with van der Waals surface area (Å²) in [6.45, 7) is 14.1. The number of hydrogen-bond acceptors (Lipinski definition) is 7. The maximum Gasteiger partial charge on any atom is 0.228 e. The molecule has 0 unspecified atom stereocenters. The van der Waals surface area contributed by atoms with E-state index in [-0.39, 0.29) is 0 Å². The Balaban J connectivity index is 1.42. The minimum atomic E-state index is 0.299. The minimum Gasteiger partial charge on any atom is -0.368 e. The van der Waals surface area contributed by atoms with Gasteiger partial charge in [0.2, 0.25) is 5.95 Å². The third-order valence-corrected chi connectivity index (χ3v) is 6.32. The molecule has 1 fully saturated rings. The molecule has 1 saturated heterocycles. The molecule has 3 aromatic heterocycles. The van der Waals surface area contributed by atoms with Crippen LogP contribution in [0.1, 0.15) is 32.4 Å². The van der Waals surface area contributed by atoms with Crippen LogP contribution in [0.25, 0.3) is 21.9 Å². The van der Waals surface area contributed by atoms with E-state index in [1.54, 1.807) is 0 Å². The van der Waals surface area contributed by atoms with E-state index in [1.165, 1.54) is 11.3 Å². The first-order chi connectivity index (χ1) is 15.5. The van der Waals surface area contributed by atoms with E-state index in [4.69, 9.17) is 4.98 Å². The van der Waals surface area contributed by atoms with Crippen molar-refractivity contribution in [2.45, 2.75) is 33.7 Å². The van der Waals surface area contributed by atoms with Crippen molar-refractivity contribution in [1.29, 1.82) is 0 Å². The van der Waals surface area contributed by atoms with Crippen LogP contribution in [-0.2, 0) is 0 Å². The number of likely N-dealkylation sites (N-methyl/N-ethyl adjacent to an activating group) is 1. The summed E-state index contributed by atoms with van der Waals surface area (Å²) in [5.74, 6) is 1.29. The Hall–Kier alpha value is -3.26. The molecule has 0 atom stereocenters. The van der Waals surface area contributed by atoms with Gasteiger partial charge in [0.15, 0.2) is 0 Å². The number of rotatable bonds is 5. The molecule has 0 aliphatic carbocycles. The molecule has 4 heterocycles. The fourth-order valence-corrected chi connectivity index (χ4v) is 4.43. The number of fused-ring (bicyclic) bond motifs is 3. The van der Waals surface area contributed by atoms with Crippen molar-refractivity contribution < 1.29 is 0 Å². The van der Waals surface area contributed by atoms with Crippen LogP contribution < -0.4 is 10.2 Å². The zero-order valence-electron chi connectivity index (χ0n) is 19.2. The quantitative estimate of drug-likeness (QED) is 0.510. The molecule has 5 rings (SSSR count). The lowest BCUT2D eigenvalue weighted by atomic mass is 10.2. The maximum atomic E-state index is 4.83. The van der Waals surface area contributed by atoms with Gasteiger partial charge in [-0.15, -0.1) is 0 Å². The van der Waals surface area contributed by atoms with Gasteiger partial charge in [0, 0.05) is 43.8 Å². The largest absolute Gasteiger partial charge is 0.368 e. The number of piperazine rings is 1. The van der Waals surface area contributed by atoms with Crippen LogP contribution in [0.3, 0.4) is 0 Å². The number of anilines is 3. The Bertz CT molecular complexity index is 1250. The van der Waals surface area contributed by atoms with E-state index in [9.17, 15) is 0 Å². The predicted molar refractivity (Wildman–Crippen MR) is 130 cm³/mol. The first-order valence-electron chi connectivity index (χ1n) is 11.4. The lowest BCUT2D eigenvalue weighted by Gasteiger charge is -2.36. The van der Waals surface area contributed by atoms with Crippen LogP contribution in [0.2, 0.25) is 0 Å². The van der Waals surface area contributed by atoms with Crippen molar-refractivity contribution in [3.8, 4) is 0 Å². The second kappa shape index (κ2) is 8.35. The van der Waals surface area contributed by atoms with Crippen LogP contribution in [0.5, 0.6) is 0 Å². The number of nitrogens with zero attached hydrogens (tertiary/aromatic N) is 7. The highest BCUT2D eigenvalue weighted by atomic mass is 15.3. The van der Waals surface area contributed by atoms with Crippen molar-refractivity contribution in [2.75, 3.05) is 42.9 Å². The molecule has 0 amide bonds. The van der Waals surface area contributed by atoms with E-state index >= 15 is 0 Å². The lowest BCUT2D eigenvalue weighted by Crippen LogP contribution is -2.46. The van der Waals surface area contributed by atoms with E-state index < -0.39 is 0 Å². The summed E-state index contributed by atoms with van der Waals surface area (Å²) in [7, 11) is 0. The number of imidazole rings is 1. The van der Waals surface area contributed by atoms with Crippen LogP contribution >= 0.6 is 0 Å². The van der Waals surface area contributed by atoms with Gasteiger partial charge in [-0.1, -0.05) is 6.92 Å². The molecule has 32 heavy (non-hydrogen) atoms. The van der Waals surface area contributed by atoms with Gasteiger partial charge in [0.05, 0.1) is 29.2 Å². The Morgan fingerprint density at radius 3 is 2.56 bits per heavy atom. The average Bonchev–Trinajstić information content (AvgIpc) is 3.24. The topological polar surface area (TPSA) is 75.0 Å². The number of pyridine rings is 1. The summed E-state index contributed by atoms with van der Waals surface area (Å²) < 4.78 is 2.16. The van der Waals surface area contributed by atoms with E-state index in [0.717, 1.165) is 60.5 Å². The summed E-state index contributed by atoms with van der Waals surface area (Å²) in [4.78, 5) is 23.5. The monoisotopic (exact) mass is 430 g/mol. The molecule has 0 spiro atoms. The number of hydrogen-bond donors (Lipinski definition) is 1. The van der Waals surface area contributed by atoms with Gasteiger partial charge in [-0.25, -0.2) is 19.9 Å². The Labute approximate surface area is 188 Å². The van der Waals surface area contributed by atoms with Crippen LogP contribution in [0.4, 0.5) is 17.5 Å². The molecular formula is C24H30N8. The minimum absolute atomic E-state index is 0.299. The summed E-state index contributed by atoms with van der Waals surface area (Å²) in [6.07, 6.45) is 5.70. The second-order valence-electron chi connectivity index (χ2n) is 8.71.